The lowest BCUT2D eigenvalue weighted by Gasteiger charge is -2.11. The fraction of sp³-hybridized carbons (Fsp3) is 0.208. The van der Waals surface area contributed by atoms with Crippen molar-refractivity contribution in [3.8, 4) is 22.8 Å². The van der Waals surface area contributed by atoms with Gasteiger partial charge in [0.1, 0.15) is 19.0 Å². The van der Waals surface area contributed by atoms with Crippen molar-refractivity contribution in [3.05, 3.63) is 98.5 Å². The first kappa shape index (κ1) is 22.1. The zero-order valence-electron chi connectivity index (χ0n) is 18.0. The smallest absolute Gasteiger partial charge is 0.440 e. The summed E-state index contributed by atoms with van der Waals surface area (Å²) in [6, 6.07) is 19.0. The van der Waals surface area contributed by atoms with Crippen molar-refractivity contribution in [1.29, 1.82) is 0 Å². The van der Waals surface area contributed by atoms with Gasteiger partial charge in [-0.25, -0.2) is 19.6 Å². The van der Waals surface area contributed by atoms with Gasteiger partial charge in [0.2, 0.25) is 5.88 Å². The zero-order chi connectivity index (χ0) is 23.2. The van der Waals surface area contributed by atoms with Gasteiger partial charge in [-0.1, -0.05) is 30.3 Å². The molecular formula is C24H23N3O6. The van der Waals surface area contributed by atoms with Crippen LogP contribution in [0.4, 0.5) is 0 Å². The van der Waals surface area contributed by atoms with Gasteiger partial charge >= 0.3 is 11.4 Å². The first-order chi connectivity index (χ1) is 16.0. The molecule has 0 atom stereocenters. The molecule has 33 heavy (non-hydrogen) atoms. The molecule has 0 aliphatic carbocycles. The highest BCUT2D eigenvalue weighted by atomic mass is 16.5. The molecule has 0 fully saturated rings. The minimum Gasteiger partial charge on any atom is -0.489 e. The zero-order valence-corrected chi connectivity index (χ0v) is 18.0. The minimum atomic E-state index is -0.779. The van der Waals surface area contributed by atoms with Crippen LogP contribution in [-0.4, -0.2) is 33.0 Å². The Kier molecular flexibility index (Phi) is 6.70. The van der Waals surface area contributed by atoms with Gasteiger partial charge in [0.05, 0.1) is 13.2 Å². The van der Waals surface area contributed by atoms with E-state index in [2.05, 4.69) is 4.98 Å². The van der Waals surface area contributed by atoms with Crippen LogP contribution in [0.5, 0.6) is 11.6 Å². The Balaban J connectivity index is 1.40. The van der Waals surface area contributed by atoms with Crippen molar-refractivity contribution in [2.75, 3.05) is 13.2 Å². The van der Waals surface area contributed by atoms with E-state index in [-0.39, 0.29) is 19.8 Å². The largest absolute Gasteiger partial charge is 0.489 e. The predicted molar refractivity (Wildman–Crippen MR) is 120 cm³/mol. The number of aromatic nitrogens is 3. The summed E-state index contributed by atoms with van der Waals surface area (Å²) in [7, 11) is 0. The van der Waals surface area contributed by atoms with Crippen molar-refractivity contribution in [3.63, 3.8) is 0 Å². The van der Waals surface area contributed by atoms with Gasteiger partial charge in [-0.15, -0.1) is 4.74 Å². The Bertz CT molecular complexity index is 1340. The standard InChI is InChI=1S/C24H23N3O6/c1-16-21(9-10-22(25-16)31-12-11-28)19-4-2-3-18(13-19)15-32-20-7-5-17(6-8-20)14-27-23(29)26-24(30)33-27/h2-10,13,28H,11-12,14-15H2,1H3,(H,26,29,30). The summed E-state index contributed by atoms with van der Waals surface area (Å²) in [6.07, 6.45) is 0. The van der Waals surface area contributed by atoms with Crippen molar-refractivity contribution >= 4 is 0 Å². The van der Waals surface area contributed by atoms with E-state index in [9.17, 15) is 9.59 Å². The number of nitrogens with one attached hydrogen (secondary N) is 1. The molecule has 2 aromatic heterocycles. The summed E-state index contributed by atoms with van der Waals surface area (Å²) >= 11 is 0. The number of aliphatic hydroxyl groups is 1. The Morgan fingerprint density at radius 1 is 1.03 bits per heavy atom. The summed E-state index contributed by atoms with van der Waals surface area (Å²) < 4.78 is 17.0. The molecule has 9 nitrogen and oxygen atoms in total. The van der Waals surface area contributed by atoms with Gasteiger partial charge in [-0.2, -0.15) is 0 Å². The number of hydrogen-bond acceptors (Lipinski definition) is 7. The van der Waals surface area contributed by atoms with E-state index in [1.165, 1.54) is 0 Å². The highest BCUT2D eigenvalue weighted by Crippen LogP contribution is 2.26. The SMILES string of the molecule is Cc1nc(OCCO)ccc1-c1cccc(COc2ccc(Cn3oc(=O)[nH]c3=O)cc2)c1. The molecule has 0 spiro atoms. The average molecular weight is 449 g/mol. The Morgan fingerprint density at radius 3 is 2.55 bits per heavy atom. The van der Waals surface area contributed by atoms with E-state index in [1.807, 2.05) is 42.2 Å². The summed E-state index contributed by atoms with van der Waals surface area (Å²) in [4.78, 5) is 29.1. The number of aliphatic hydroxyl groups excluding tert-OH is 1. The summed E-state index contributed by atoms with van der Waals surface area (Å²) in [5.41, 5.74) is 4.04. The number of nitrogens with zero attached hydrogens (tertiary/aromatic N) is 2. The van der Waals surface area contributed by atoms with Crippen LogP contribution in [0.15, 0.2) is 74.8 Å². The summed E-state index contributed by atoms with van der Waals surface area (Å²) in [5, 5.41) is 8.88. The van der Waals surface area contributed by atoms with Gasteiger partial charge in [-0.3, -0.25) is 0 Å². The molecule has 0 aliphatic heterocycles. The van der Waals surface area contributed by atoms with Gasteiger partial charge in [0, 0.05) is 17.3 Å². The van der Waals surface area contributed by atoms with Crippen molar-refractivity contribution in [2.24, 2.45) is 0 Å². The number of benzene rings is 2. The summed E-state index contributed by atoms with van der Waals surface area (Å²) in [5.74, 6) is 0.381. The van der Waals surface area contributed by atoms with Crippen LogP contribution in [0, 0.1) is 6.92 Å². The Morgan fingerprint density at radius 2 is 1.85 bits per heavy atom. The maximum atomic E-state index is 11.5. The maximum absolute atomic E-state index is 11.5. The van der Waals surface area contributed by atoms with E-state index in [4.69, 9.17) is 19.1 Å². The van der Waals surface area contributed by atoms with E-state index in [1.54, 1.807) is 30.3 Å². The normalized spacial score (nSPS) is 10.8. The van der Waals surface area contributed by atoms with Gasteiger partial charge in [0.25, 0.3) is 0 Å². The molecule has 0 saturated heterocycles. The molecule has 0 bridgehead atoms. The number of rotatable bonds is 9. The minimum absolute atomic E-state index is 0.0573. The average Bonchev–Trinajstić information content (AvgIpc) is 3.13. The fourth-order valence-electron chi connectivity index (χ4n) is 3.34. The van der Waals surface area contributed by atoms with E-state index < -0.39 is 11.4 Å². The number of hydrogen-bond donors (Lipinski definition) is 2. The van der Waals surface area contributed by atoms with Crippen LogP contribution in [-0.2, 0) is 13.2 Å². The number of H-pyrrole nitrogens is 1. The number of ether oxygens (including phenoxy) is 2. The molecular weight excluding hydrogens is 426 g/mol. The highest BCUT2D eigenvalue weighted by molar-refractivity contribution is 5.66. The number of pyridine rings is 1. The summed E-state index contributed by atoms with van der Waals surface area (Å²) in [6.45, 7) is 2.60. The topological polar surface area (TPSA) is 120 Å². The van der Waals surface area contributed by atoms with Gasteiger partial charge in [-0.05, 0) is 47.9 Å². The molecule has 9 heteroatoms. The molecule has 4 rings (SSSR count). The quantitative estimate of drug-likeness (QED) is 0.403. The third-order valence-electron chi connectivity index (χ3n) is 4.92. The first-order valence-corrected chi connectivity index (χ1v) is 10.3. The molecule has 4 aromatic rings. The number of aryl methyl sites for hydroxylation is 1. The number of aromatic amines is 1. The van der Waals surface area contributed by atoms with Crippen LogP contribution in [0.25, 0.3) is 11.1 Å². The first-order valence-electron chi connectivity index (χ1n) is 10.3. The molecule has 2 N–H and O–H groups in total. The van der Waals surface area contributed by atoms with Crippen LogP contribution in [0.3, 0.4) is 0 Å². The second kappa shape index (κ2) is 10.0. The molecule has 0 unspecified atom stereocenters. The van der Waals surface area contributed by atoms with E-state index >= 15 is 0 Å². The Labute approximate surface area is 188 Å². The second-order valence-electron chi connectivity index (χ2n) is 7.33. The van der Waals surface area contributed by atoms with Crippen molar-refractivity contribution in [1.82, 2.24) is 14.7 Å². The van der Waals surface area contributed by atoms with Crippen LogP contribution >= 0.6 is 0 Å². The third-order valence-corrected chi connectivity index (χ3v) is 4.92. The molecule has 2 aromatic carbocycles. The third kappa shape index (κ3) is 5.58. The lowest BCUT2D eigenvalue weighted by Crippen LogP contribution is -2.17. The van der Waals surface area contributed by atoms with Crippen LogP contribution in [0.2, 0.25) is 0 Å². The van der Waals surface area contributed by atoms with Crippen LogP contribution in [0.1, 0.15) is 16.8 Å². The highest BCUT2D eigenvalue weighted by Gasteiger charge is 2.08. The molecule has 170 valence electrons. The van der Waals surface area contributed by atoms with Gasteiger partial charge < -0.3 is 19.1 Å². The molecule has 2 heterocycles. The predicted octanol–water partition coefficient (Wildman–Crippen LogP) is 2.50. The van der Waals surface area contributed by atoms with E-state index in [0.29, 0.717) is 18.2 Å². The monoisotopic (exact) mass is 449 g/mol. The van der Waals surface area contributed by atoms with E-state index in [0.717, 1.165) is 32.7 Å². The molecule has 0 saturated carbocycles. The van der Waals surface area contributed by atoms with Crippen molar-refractivity contribution < 1.29 is 19.1 Å². The lowest BCUT2D eigenvalue weighted by atomic mass is 10.0. The van der Waals surface area contributed by atoms with Crippen molar-refractivity contribution in [2.45, 2.75) is 20.1 Å². The molecule has 0 aliphatic rings. The molecule has 0 radical (unpaired) electrons. The Hall–Kier alpha value is -4.11. The fourth-order valence-corrected chi connectivity index (χ4v) is 3.34. The van der Waals surface area contributed by atoms with Gasteiger partial charge in [0.15, 0.2) is 0 Å². The maximum Gasteiger partial charge on any atom is 0.440 e. The second-order valence-corrected chi connectivity index (χ2v) is 7.33. The van der Waals surface area contributed by atoms with Crippen LogP contribution < -0.4 is 20.9 Å². The lowest BCUT2D eigenvalue weighted by molar-refractivity contribution is 0.196. The molecule has 0 amide bonds.